The molecule has 3 nitrogen and oxygen atoms in total. The standard InChI is InChI=1S/C14H23N3/c1-5-9-15-12(3)13-8-7-10-16-14(13)17(4)11-6-2/h6-8,10,12,15H,2,5,9,11H2,1,3-4H3. The summed E-state index contributed by atoms with van der Waals surface area (Å²) in [6.07, 6.45) is 4.87. The Morgan fingerprint density at radius 3 is 3.00 bits per heavy atom. The lowest BCUT2D eigenvalue weighted by Gasteiger charge is -2.23. The van der Waals surface area contributed by atoms with Crippen molar-refractivity contribution in [3.05, 3.63) is 36.5 Å². The number of hydrogen-bond donors (Lipinski definition) is 1. The Morgan fingerprint density at radius 2 is 2.35 bits per heavy atom. The summed E-state index contributed by atoms with van der Waals surface area (Å²) in [6.45, 7) is 9.96. The second-order valence-electron chi connectivity index (χ2n) is 4.26. The number of anilines is 1. The van der Waals surface area contributed by atoms with Crippen molar-refractivity contribution in [3.8, 4) is 0 Å². The largest absolute Gasteiger partial charge is 0.356 e. The number of aromatic nitrogens is 1. The topological polar surface area (TPSA) is 28.2 Å². The van der Waals surface area contributed by atoms with E-state index >= 15 is 0 Å². The summed E-state index contributed by atoms with van der Waals surface area (Å²) in [5, 5.41) is 3.49. The molecular formula is C14H23N3. The van der Waals surface area contributed by atoms with E-state index in [-0.39, 0.29) is 0 Å². The van der Waals surface area contributed by atoms with Gasteiger partial charge < -0.3 is 10.2 Å². The molecule has 1 heterocycles. The molecule has 0 radical (unpaired) electrons. The number of rotatable bonds is 7. The van der Waals surface area contributed by atoms with Crippen molar-refractivity contribution >= 4 is 5.82 Å². The third-order valence-electron chi connectivity index (χ3n) is 2.75. The van der Waals surface area contributed by atoms with Crippen LogP contribution < -0.4 is 10.2 Å². The van der Waals surface area contributed by atoms with Crippen molar-refractivity contribution in [3.63, 3.8) is 0 Å². The molecule has 0 bridgehead atoms. The van der Waals surface area contributed by atoms with E-state index < -0.39 is 0 Å². The molecule has 0 saturated carbocycles. The summed E-state index contributed by atoms with van der Waals surface area (Å²) < 4.78 is 0. The summed E-state index contributed by atoms with van der Waals surface area (Å²) in [5.74, 6) is 1.03. The number of hydrogen-bond acceptors (Lipinski definition) is 3. The first-order valence-electron chi connectivity index (χ1n) is 6.21. The smallest absolute Gasteiger partial charge is 0.133 e. The lowest BCUT2D eigenvalue weighted by molar-refractivity contribution is 0.568. The second kappa shape index (κ2) is 7.07. The Morgan fingerprint density at radius 1 is 1.59 bits per heavy atom. The minimum atomic E-state index is 0.325. The molecule has 0 fully saturated rings. The van der Waals surface area contributed by atoms with Crippen LogP contribution in [0, 0.1) is 0 Å². The summed E-state index contributed by atoms with van der Waals surface area (Å²) in [6, 6.07) is 4.45. The highest BCUT2D eigenvalue weighted by Crippen LogP contribution is 2.22. The molecule has 0 amide bonds. The molecular weight excluding hydrogens is 210 g/mol. The predicted molar refractivity (Wildman–Crippen MR) is 74.4 cm³/mol. The van der Waals surface area contributed by atoms with Crippen LogP contribution in [0.4, 0.5) is 5.82 Å². The average molecular weight is 233 g/mol. The highest BCUT2D eigenvalue weighted by atomic mass is 15.2. The van der Waals surface area contributed by atoms with E-state index in [9.17, 15) is 0 Å². The van der Waals surface area contributed by atoms with Gasteiger partial charge in [-0.1, -0.05) is 19.1 Å². The lowest BCUT2D eigenvalue weighted by atomic mass is 10.1. The monoisotopic (exact) mass is 233 g/mol. The fourth-order valence-corrected chi connectivity index (χ4v) is 1.82. The van der Waals surface area contributed by atoms with Crippen LogP contribution in [0.3, 0.4) is 0 Å². The van der Waals surface area contributed by atoms with Crippen LogP contribution in [0.5, 0.6) is 0 Å². The van der Waals surface area contributed by atoms with E-state index in [1.165, 1.54) is 5.56 Å². The van der Waals surface area contributed by atoms with Crippen LogP contribution in [-0.2, 0) is 0 Å². The molecule has 1 aromatic heterocycles. The molecule has 0 saturated heterocycles. The molecule has 0 aliphatic carbocycles. The predicted octanol–water partition coefficient (Wildman–Crippen LogP) is 2.76. The van der Waals surface area contributed by atoms with Gasteiger partial charge in [-0.15, -0.1) is 6.58 Å². The summed E-state index contributed by atoms with van der Waals surface area (Å²) in [4.78, 5) is 6.58. The van der Waals surface area contributed by atoms with Gasteiger partial charge in [0.15, 0.2) is 0 Å². The molecule has 0 aliphatic rings. The highest BCUT2D eigenvalue weighted by Gasteiger charge is 2.12. The van der Waals surface area contributed by atoms with Crippen LogP contribution >= 0.6 is 0 Å². The Kier molecular flexibility index (Phi) is 5.70. The Bertz CT molecular complexity index is 349. The zero-order chi connectivity index (χ0) is 12.7. The fraction of sp³-hybridized carbons (Fsp3) is 0.500. The number of likely N-dealkylation sites (N-methyl/N-ethyl adjacent to an activating group) is 1. The Balaban J connectivity index is 2.86. The van der Waals surface area contributed by atoms with E-state index in [4.69, 9.17) is 0 Å². The van der Waals surface area contributed by atoms with Crippen molar-refractivity contribution in [2.75, 3.05) is 25.0 Å². The normalized spacial score (nSPS) is 12.2. The molecule has 3 heteroatoms. The molecule has 1 aromatic rings. The molecule has 0 aliphatic heterocycles. The maximum atomic E-state index is 4.46. The molecule has 1 rings (SSSR count). The number of pyridine rings is 1. The van der Waals surface area contributed by atoms with Crippen LogP contribution in [0.25, 0.3) is 0 Å². The maximum Gasteiger partial charge on any atom is 0.133 e. The van der Waals surface area contributed by atoms with Gasteiger partial charge in [-0.3, -0.25) is 0 Å². The minimum absolute atomic E-state index is 0.325. The molecule has 0 aromatic carbocycles. The van der Waals surface area contributed by atoms with Gasteiger partial charge in [0.05, 0.1) is 0 Å². The van der Waals surface area contributed by atoms with E-state index in [0.717, 1.165) is 25.3 Å². The summed E-state index contributed by atoms with van der Waals surface area (Å²) >= 11 is 0. The molecule has 0 spiro atoms. The van der Waals surface area contributed by atoms with Crippen LogP contribution in [-0.4, -0.2) is 25.1 Å². The maximum absolute atomic E-state index is 4.46. The van der Waals surface area contributed by atoms with E-state index in [1.54, 1.807) is 0 Å². The second-order valence-corrected chi connectivity index (χ2v) is 4.26. The molecule has 1 unspecified atom stereocenters. The zero-order valence-corrected chi connectivity index (χ0v) is 11.1. The fourth-order valence-electron chi connectivity index (χ4n) is 1.82. The van der Waals surface area contributed by atoms with Gasteiger partial charge in [0, 0.05) is 31.4 Å². The van der Waals surface area contributed by atoms with Gasteiger partial charge in [0.1, 0.15) is 5.82 Å². The average Bonchev–Trinajstić information content (AvgIpc) is 2.36. The van der Waals surface area contributed by atoms with Crippen molar-refractivity contribution < 1.29 is 0 Å². The lowest BCUT2D eigenvalue weighted by Crippen LogP contribution is -2.25. The molecule has 1 atom stereocenters. The van der Waals surface area contributed by atoms with Gasteiger partial charge in [0.2, 0.25) is 0 Å². The quantitative estimate of drug-likeness (QED) is 0.734. The van der Waals surface area contributed by atoms with Gasteiger partial charge in [-0.05, 0) is 26.0 Å². The first-order chi connectivity index (χ1) is 8.20. The van der Waals surface area contributed by atoms with Gasteiger partial charge in [-0.25, -0.2) is 4.98 Å². The summed E-state index contributed by atoms with van der Waals surface area (Å²) in [7, 11) is 2.04. The minimum Gasteiger partial charge on any atom is -0.356 e. The van der Waals surface area contributed by atoms with E-state index in [1.807, 2.05) is 25.4 Å². The van der Waals surface area contributed by atoms with Crippen LogP contribution in [0.1, 0.15) is 31.9 Å². The zero-order valence-electron chi connectivity index (χ0n) is 11.1. The van der Waals surface area contributed by atoms with Gasteiger partial charge in [-0.2, -0.15) is 0 Å². The first-order valence-corrected chi connectivity index (χ1v) is 6.21. The van der Waals surface area contributed by atoms with Crippen LogP contribution in [0.15, 0.2) is 31.0 Å². The highest BCUT2D eigenvalue weighted by molar-refractivity contribution is 5.48. The molecule has 17 heavy (non-hydrogen) atoms. The van der Waals surface area contributed by atoms with Gasteiger partial charge >= 0.3 is 0 Å². The third kappa shape index (κ3) is 3.86. The van der Waals surface area contributed by atoms with E-state index in [0.29, 0.717) is 6.04 Å². The molecule has 94 valence electrons. The molecule has 1 N–H and O–H groups in total. The van der Waals surface area contributed by atoms with Crippen molar-refractivity contribution in [2.45, 2.75) is 26.3 Å². The first kappa shape index (κ1) is 13.7. The number of nitrogens with one attached hydrogen (secondary N) is 1. The number of nitrogens with zero attached hydrogens (tertiary/aromatic N) is 2. The van der Waals surface area contributed by atoms with Gasteiger partial charge in [0.25, 0.3) is 0 Å². The van der Waals surface area contributed by atoms with Crippen molar-refractivity contribution in [2.24, 2.45) is 0 Å². The third-order valence-corrected chi connectivity index (χ3v) is 2.75. The Labute approximate surface area is 105 Å². The van der Waals surface area contributed by atoms with Crippen LogP contribution in [0.2, 0.25) is 0 Å². The Hall–Kier alpha value is -1.35. The SMILES string of the molecule is C=CCN(C)c1ncccc1C(C)NCCC. The van der Waals surface area contributed by atoms with Crippen molar-refractivity contribution in [1.82, 2.24) is 10.3 Å². The van der Waals surface area contributed by atoms with E-state index in [2.05, 4.69) is 41.7 Å². The van der Waals surface area contributed by atoms with Crippen molar-refractivity contribution in [1.29, 1.82) is 0 Å². The summed E-state index contributed by atoms with van der Waals surface area (Å²) in [5.41, 5.74) is 1.24.